The van der Waals surface area contributed by atoms with Gasteiger partial charge in [-0.1, -0.05) is 17.7 Å². The number of anilines is 1. The van der Waals surface area contributed by atoms with Crippen molar-refractivity contribution in [3.8, 4) is 0 Å². The molecule has 2 rings (SSSR count). The van der Waals surface area contributed by atoms with Crippen LogP contribution >= 0.6 is 0 Å². The maximum absolute atomic E-state index is 5.41. The Bertz CT molecular complexity index is 249. The molecule has 0 bridgehead atoms. The predicted octanol–water partition coefficient (Wildman–Crippen LogP) is 2.14. The number of aryl methyl sites for hydroxylation is 1. The first kappa shape index (κ1) is 7.62. The maximum atomic E-state index is 5.41. The number of hydrogen-bond donors (Lipinski definition) is 0. The van der Waals surface area contributed by atoms with Crippen molar-refractivity contribution in [2.45, 2.75) is 13.3 Å². The van der Waals surface area contributed by atoms with Crippen LogP contribution in [-0.4, -0.2) is 13.2 Å². The summed E-state index contributed by atoms with van der Waals surface area (Å²) in [6.07, 6.45) is 1.13. The smallest absolute Gasteiger partial charge is 0.0766 e. The van der Waals surface area contributed by atoms with Crippen LogP contribution < -0.4 is 5.06 Å². The van der Waals surface area contributed by atoms with Gasteiger partial charge in [0, 0.05) is 6.54 Å². The maximum Gasteiger partial charge on any atom is 0.0766 e. The Morgan fingerprint density at radius 2 is 2.00 bits per heavy atom. The van der Waals surface area contributed by atoms with E-state index in [1.54, 1.807) is 0 Å². The molecular weight excluding hydrogens is 150 g/mol. The molecule has 64 valence electrons. The van der Waals surface area contributed by atoms with E-state index in [2.05, 4.69) is 31.2 Å². The highest BCUT2D eigenvalue weighted by molar-refractivity contribution is 5.45. The van der Waals surface area contributed by atoms with E-state index >= 15 is 0 Å². The summed E-state index contributed by atoms with van der Waals surface area (Å²) in [5, 5.41) is 1.96. The third-order valence-electron chi connectivity index (χ3n) is 2.07. The van der Waals surface area contributed by atoms with Gasteiger partial charge in [-0.25, -0.2) is 0 Å². The first-order chi connectivity index (χ1) is 5.86. The Labute approximate surface area is 72.7 Å². The van der Waals surface area contributed by atoms with Gasteiger partial charge in [0.1, 0.15) is 0 Å². The number of nitrogens with zero attached hydrogens (tertiary/aromatic N) is 1. The molecule has 0 spiro atoms. The minimum atomic E-state index is 0.855. The molecule has 0 unspecified atom stereocenters. The van der Waals surface area contributed by atoms with Crippen LogP contribution in [0.1, 0.15) is 12.0 Å². The first-order valence-electron chi connectivity index (χ1n) is 4.33. The molecule has 1 heterocycles. The van der Waals surface area contributed by atoms with Crippen LogP contribution in [0.4, 0.5) is 5.69 Å². The van der Waals surface area contributed by atoms with E-state index in [-0.39, 0.29) is 0 Å². The van der Waals surface area contributed by atoms with E-state index in [0.29, 0.717) is 0 Å². The van der Waals surface area contributed by atoms with Crippen molar-refractivity contribution in [1.82, 2.24) is 0 Å². The van der Waals surface area contributed by atoms with Gasteiger partial charge in [-0.2, -0.15) is 0 Å². The second kappa shape index (κ2) is 3.15. The molecule has 1 saturated heterocycles. The van der Waals surface area contributed by atoms with E-state index in [1.165, 1.54) is 5.56 Å². The van der Waals surface area contributed by atoms with Crippen LogP contribution in [0.15, 0.2) is 24.3 Å². The van der Waals surface area contributed by atoms with Gasteiger partial charge >= 0.3 is 0 Å². The van der Waals surface area contributed by atoms with Gasteiger partial charge in [-0.05, 0) is 25.5 Å². The fraction of sp³-hybridized carbons (Fsp3) is 0.400. The van der Waals surface area contributed by atoms with Crippen LogP contribution in [0.5, 0.6) is 0 Å². The molecule has 1 fully saturated rings. The molecule has 1 aliphatic heterocycles. The Kier molecular flexibility index (Phi) is 2.00. The summed E-state index contributed by atoms with van der Waals surface area (Å²) < 4.78 is 0. The molecule has 0 aliphatic carbocycles. The van der Waals surface area contributed by atoms with Crippen molar-refractivity contribution in [2.24, 2.45) is 0 Å². The van der Waals surface area contributed by atoms with Crippen LogP contribution in [0.3, 0.4) is 0 Å². The monoisotopic (exact) mass is 163 g/mol. The van der Waals surface area contributed by atoms with Gasteiger partial charge in [0.15, 0.2) is 0 Å². The minimum Gasteiger partial charge on any atom is -0.273 e. The topological polar surface area (TPSA) is 12.5 Å². The third-order valence-corrected chi connectivity index (χ3v) is 2.07. The van der Waals surface area contributed by atoms with Gasteiger partial charge < -0.3 is 0 Å². The number of rotatable bonds is 1. The predicted molar refractivity (Wildman–Crippen MR) is 49.1 cm³/mol. The van der Waals surface area contributed by atoms with Crippen molar-refractivity contribution in [3.05, 3.63) is 29.8 Å². The van der Waals surface area contributed by atoms with Crippen LogP contribution in [0.25, 0.3) is 0 Å². The zero-order valence-electron chi connectivity index (χ0n) is 7.29. The molecule has 12 heavy (non-hydrogen) atoms. The Morgan fingerprint density at radius 3 is 2.58 bits per heavy atom. The highest BCUT2D eigenvalue weighted by Gasteiger charge is 2.12. The van der Waals surface area contributed by atoms with Gasteiger partial charge in [0.05, 0.1) is 12.3 Å². The highest BCUT2D eigenvalue weighted by Crippen LogP contribution is 2.18. The second-order valence-electron chi connectivity index (χ2n) is 3.12. The fourth-order valence-electron chi connectivity index (χ4n) is 1.36. The third kappa shape index (κ3) is 1.43. The molecule has 2 nitrogen and oxygen atoms in total. The Balaban J connectivity index is 2.17. The lowest BCUT2D eigenvalue weighted by atomic mass is 10.2. The van der Waals surface area contributed by atoms with Crippen molar-refractivity contribution in [3.63, 3.8) is 0 Å². The number of benzene rings is 1. The average Bonchev–Trinajstić information content (AvgIpc) is 2.58. The molecule has 1 aromatic carbocycles. The van der Waals surface area contributed by atoms with Crippen molar-refractivity contribution < 1.29 is 4.84 Å². The highest BCUT2D eigenvalue weighted by atomic mass is 16.7. The van der Waals surface area contributed by atoms with E-state index in [9.17, 15) is 0 Å². The van der Waals surface area contributed by atoms with Gasteiger partial charge in [0.25, 0.3) is 0 Å². The van der Waals surface area contributed by atoms with Crippen LogP contribution in [0, 0.1) is 6.92 Å². The summed E-state index contributed by atoms with van der Waals surface area (Å²) in [5.74, 6) is 0. The van der Waals surface area contributed by atoms with Crippen molar-refractivity contribution >= 4 is 5.69 Å². The summed E-state index contributed by atoms with van der Waals surface area (Å²) >= 11 is 0. The standard InChI is InChI=1S/C10H13NO/c1-9-3-5-10(6-4-9)11-7-2-8-12-11/h3-6H,2,7-8H2,1H3. The second-order valence-corrected chi connectivity index (χ2v) is 3.12. The first-order valence-corrected chi connectivity index (χ1v) is 4.33. The fourth-order valence-corrected chi connectivity index (χ4v) is 1.36. The average molecular weight is 163 g/mol. The molecule has 0 amide bonds. The largest absolute Gasteiger partial charge is 0.273 e. The molecule has 0 saturated carbocycles. The molecule has 1 aromatic rings. The molecule has 0 radical (unpaired) electrons. The zero-order chi connectivity index (χ0) is 8.39. The van der Waals surface area contributed by atoms with Crippen molar-refractivity contribution in [1.29, 1.82) is 0 Å². The summed E-state index contributed by atoms with van der Waals surface area (Å²) in [6.45, 7) is 3.96. The molecule has 0 aromatic heterocycles. The SMILES string of the molecule is Cc1ccc(N2CCCO2)cc1. The Hall–Kier alpha value is -1.02. The molecular formula is C10H13NO. The van der Waals surface area contributed by atoms with E-state index < -0.39 is 0 Å². The summed E-state index contributed by atoms with van der Waals surface area (Å²) in [7, 11) is 0. The lowest BCUT2D eigenvalue weighted by molar-refractivity contribution is 0.168. The lowest BCUT2D eigenvalue weighted by Crippen LogP contribution is -2.15. The van der Waals surface area contributed by atoms with E-state index in [4.69, 9.17) is 4.84 Å². The van der Waals surface area contributed by atoms with Crippen molar-refractivity contribution in [2.75, 3.05) is 18.2 Å². The Morgan fingerprint density at radius 1 is 1.25 bits per heavy atom. The quantitative estimate of drug-likeness (QED) is 0.629. The number of hydroxylamine groups is 1. The van der Waals surface area contributed by atoms with Gasteiger partial charge in [-0.15, -0.1) is 0 Å². The molecule has 1 aliphatic rings. The van der Waals surface area contributed by atoms with E-state index in [1.807, 2.05) is 5.06 Å². The summed E-state index contributed by atoms with van der Waals surface area (Å²) in [6, 6.07) is 8.41. The van der Waals surface area contributed by atoms with Gasteiger partial charge in [0.2, 0.25) is 0 Å². The van der Waals surface area contributed by atoms with E-state index in [0.717, 1.165) is 25.3 Å². The van der Waals surface area contributed by atoms with Crippen LogP contribution in [0.2, 0.25) is 0 Å². The molecule has 2 heteroatoms. The summed E-state index contributed by atoms with van der Waals surface area (Å²) in [5.41, 5.74) is 2.45. The summed E-state index contributed by atoms with van der Waals surface area (Å²) in [4.78, 5) is 5.41. The minimum absolute atomic E-state index is 0.855. The molecule has 0 N–H and O–H groups in total. The number of hydrogen-bond acceptors (Lipinski definition) is 2. The van der Waals surface area contributed by atoms with Crippen LogP contribution in [-0.2, 0) is 4.84 Å². The molecule has 0 atom stereocenters. The van der Waals surface area contributed by atoms with Gasteiger partial charge in [-0.3, -0.25) is 9.90 Å². The lowest BCUT2D eigenvalue weighted by Gasteiger charge is -2.15. The zero-order valence-corrected chi connectivity index (χ0v) is 7.29. The normalized spacial score (nSPS) is 16.9.